The van der Waals surface area contributed by atoms with E-state index < -0.39 is 0 Å². The second-order valence-electron chi connectivity index (χ2n) is 7.40. The summed E-state index contributed by atoms with van der Waals surface area (Å²) in [5, 5.41) is 2.38. The number of methoxy groups -OCH3 is 1. The van der Waals surface area contributed by atoms with Crippen LogP contribution in [0.4, 0.5) is 0 Å². The quantitative estimate of drug-likeness (QED) is 0.619. The Kier molecular flexibility index (Phi) is 6.61. The number of aromatic nitrogens is 1. The summed E-state index contributed by atoms with van der Waals surface area (Å²) >= 11 is 1.38. The van der Waals surface area contributed by atoms with Gasteiger partial charge in [-0.15, -0.1) is 11.3 Å². The molecule has 0 unspecified atom stereocenters. The highest BCUT2D eigenvalue weighted by atomic mass is 32.1. The number of carbonyl (C=O) groups excluding carboxylic acids is 2. The van der Waals surface area contributed by atoms with Gasteiger partial charge in [0, 0.05) is 69.6 Å². The number of ether oxygens (including phenoxy) is 2. The lowest BCUT2D eigenvalue weighted by molar-refractivity contribution is 0.00853. The highest BCUT2D eigenvalue weighted by Gasteiger charge is 2.37. The van der Waals surface area contributed by atoms with Crippen molar-refractivity contribution in [2.75, 3.05) is 59.6 Å². The number of piperazine rings is 1. The maximum Gasteiger partial charge on any atom is 0.282 e. The second kappa shape index (κ2) is 9.55. The molecule has 9 heteroatoms. The first kappa shape index (κ1) is 20.8. The molecule has 2 aliphatic rings. The third-order valence-electron chi connectivity index (χ3n) is 5.54. The van der Waals surface area contributed by atoms with Crippen LogP contribution in [0.3, 0.4) is 0 Å². The Hall–Kier alpha value is -2.49. The van der Waals surface area contributed by atoms with Crippen molar-refractivity contribution in [1.29, 1.82) is 0 Å². The molecule has 0 N–H and O–H groups in total. The molecule has 30 heavy (non-hydrogen) atoms. The Morgan fingerprint density at radius 2 is 1.77 bits per heavy atom. The van der Waals surface area contributed by atoms with E-state index >= 15 is 0 Å². The number of amides is 2. The normalized spacial score (nSPS) is 17.6. The third-order valence-corrected chi connectivity index (χ3v) is 6.30. The standard InChI is InChI=1S/C21H26N4O4S/c1-28-11-12-29-18-4-2-16(3-5-18)20(26)25-14-17(15-25)23-7-9-24(10-8-23)21(27)19-22-6-13-30-19/h2-6,13,17H,7-12,14-15H2,1H3. The Morgan fingerprint density at radius 1 is 1.03 bits per heavy atom. The van der Waals surface area contributed by atoms with E-state index in [2.05, 4.69) is 9.88 Å². The van der Waals surface area contributed by atoms with Gasteiger partial charge in [-0.05, 0) is 24.3 Å². The minimum atomic E-state index is 0.0183. The number of thiazole rings is 1. The minimum absolute atomic E-state index is 0.0183. The van der Waals surface area contributed by atoms with Crippen LogP contribution in [0.15, 0.2) is 35.8 Å². The first-order valence-corrected chi connectivity index (χ1v) is 11.0. The van der Waals surface area contributed by atoms with Gasteiger partial charge in [0.2, 0.25) is 0 Å². The number of hydrogen-bond donors (Lipinski definition) is 0. The van der Waals surface area contributed by atoms with Crippen molar-refractivity contribution in [3.63, 3.8) is 0 Å². The molecular formula is C21H26N4O4S. The molecule has 0 saturated carbocycles. The Morgan fingerprint density at radius 3 is 2.40 bits per heavy atom. The molecule has 2 amide bonds. The molecule has 2 aliphatic heterocycles. The summed E-state index contributed by atoms with van der Waals surface area (Å²) in [5.74, 6) is 0.798. The average Bonchev–Trinajstić information content (AvgIpc) is 3.28. The van der Waals surface area contributed by atoms with Gasteiger partial charge in [-0.1, -0.05) is 0 Å². The SMILES string of the molecule is COCCOc1ccc(C(=O)N2CC(N3CCN(C(=O)c4nccs4)CC3)C2)cc1. The van der Waals surface area contributed by atoms with Gasteiger partial charge in [0.25, 0.3) is 11.8 Å². The largest absolute Gasteiger partial charge is 0.491 e. The Labute approximate surface area is 180 Å². The van der Waals surface area contributed by atoms with Crippen molar-refractivity contribution < 1.29 is 19.1 Å². The summed E-state index contributed by atoms with van der Waals surface area (Å²) in [5.41, 5.74) is 0.673. The van der Waals surface area contributed by atoms with E-state index in [1.54, 1.807) is 25.4 Å². The van der Waals surface area contributed by atoms with Crippen LogP contribution in [-0.4, -0.2) is 97.1 Å². The molecule has 8 nitrogen and oxygen atoms in total. The van der Waals surface area contributed by atoms with Crippen LogP contribution in [0.25, 0.3) is 0 Å². The zero-order valence-corrected chi connectivity index (χ0v) is 17.8. The van der Waals surface area contributed by atoms with Crippen LogP contribution in [0, 0.1) is 0 Å². The molecule has 0 aliphatic carbocycles. The lowest BCUT2D eigenvalue weighted by Gasteiger charge is -2.48. The van der Waals surface area contributed by atoms with Gasteiger partial charge in [-0.2, -0.15) is 0 Å². The summed E-state index contributed by atoms with van der Waals surface area (Å²) in [7, 11) is 1.63. The average molecular weight is 431 g/mol. The van der Waals surface area contributed by atoms with Gasteiger partial charge in [-0.25, -0.2) is 4.98 Å². The Balaban J connectivity index is 1.21. The highest BCUT2D eigenvalue weighted by Crippen LogP contribution is 2.21. The topological polar surface area (TPSA) is 75.2 Å². The fourth-order valence-corrected chi connectivity index (χ4v) is 4.33. The molecule has 160 valence electrons. The minimum Gasteiger partial charge on any atom is -0.491 e. The number of likely N-dealkylation sites (tertiary alicyclic amines) is 1. The van der Waals surface area contributed by atoms with Crippen LogP contribution < -0.4 is 4.74 Å². The predicted molar refractivity (Wildman–Crippen MR) is 113 cm³/mol. The van der Waals surface area contributed by atoms with Crippen molar-refractivity contribution in [2.24, 2.45) is 0 Å². The summed E-state index contributed by atoms with van der Waals surface area (Å²) < 4.78 is 10.5. The zero-order valence-electron chi connectivity index (χ0n) is 17.0. The van der Waals surface area contributed by atoms with Crippen LogP contribution in [0.2, 0.25) is 0 Å². The summed E-state index contributed by atoms with van der Waals surface area (Å²) in [4.78, 5) is 35.3. The van der Waals surface area contributed by atoms with E-state index in [9.17, 15) is 9.59 Å². The molecule has 2 aromatic rings. The van der Waals surface area contributed by atoms with E-state index in [0.29, 0.717) is 42.9 Å². The maximum absolute atomic E-state index is 12.7. The van der Waals surface area contributed by atoms with Crippen LogP contribution in [0.1, 0.15) is 20.2 Å². The molecule has 2 fully saturated rings. The number of carbonyl (C=O) groups is 2. The summed E-state index contributed by atoms with van der Waals surface area (Å²) in [6.45, 7) is 5.54. The van der Waals surface area contributed by atoms with Gasteiger partial charge in [0.1, 0.15) is 12.4 Å². The van der Waals surface area contributed by atoms with Crippen LogP contribution >= 0.6 is 11.3 Å². The first-order valence-electron chi connectivity index (χ1n) is 10.1. The van der Waals surface area contributed by atoms with Crippen molar-refractivity contribution in [3.8, 4) is 5.75 Å². The highest BCUT2D eigenvalue weighted by molar-refractivity contribution is 7.11. The number of benzene rings is 1. The molecular weight excluding hydrogens is 404 g/mol. The van der Waals surface area contributed by atoms with Gasteiger partial charge < -0.3 is 19.3 Å². The van der Waals surface area contributed by atoms with Gasteiger partial charge >= 0.3 is 0 Å². The van der Waals surface area contributed by atoms with Crippen molar-refractivity contribution in [2.45, 2.75) is 6.04 Å². The van der Waals surface area contributed by atoms with Gasteiger partial charge in [0.05, 0.1) is 6.61 Å². The third kappa shape index (κ3) is 4.63. The van der Waals surface area contributed by atoms with E-state index in [1.165, 1.54) is 11.3 Å². The molecule has 1 aromatic heterocycles. The smallest absolute Gasteiger partial charge is 0.282 e. The molecule has 2 saturated heterocycles. The van der Waals surface area contributed by atoms with Crippen molar-refractivity contribution in [1.82, 2.24) is 19.7 Å². The number of hydrogen-bond acceptors (Lipinski definition) is 7. The Bertz CT molecular complexity index is 844. The van der Waals surface area contributed by atoms with Crippen molar-refractivity contribution >= 4 is 23.2 Å². The zero-order chi connectivity index (χ0) is 20.9. The molecule has 3 heterocycles. The summed E-state index contributed by atoms with van der Waals surface area (Å²) in [6.07, 6.45) is 1.66. The lowest BCUT2D eigenvalue weighted by atomic mass is 10.0. The molecule has 0 bridgehead atoms. The summed E-state index contributed by atoms with van der Waals surface area (Å²) in [6, 6.07) is 7.61. The molecule has 0 spiro atoms. The van der Waals surface area contributed by atoms with E-state index in [4.69, 9.17) is 9.47 Å². The molecule has 4 rings (SSSR count). The van der Waals surface area contributed by atoms with Crippen LogP contribution in [0.5, 0.6) is 5.75 Å². The van der Waals surface area contributed by atoms with Crippen LogP contribution in [-0.2, 0) is 4.74 Å². The fourth-order valence-electron chi connectivity index (χ4n) is 3.73. The molecule has 0 radical (unpaired) electrons. The van der Waals surface area contributed by atoms with Crippen molar-refractivity contribution in [3.05, 3.63) is 46.4 Å². The second-order valence-corrected chi connectivity index (χ2v) is 8.29. The number of rotatable bonds is 7. The molecule has 0 atom stereocenters. The van der Waals surface area contributed by atoms with E-state index in [-0.39, 0.29) is 11.8 Å². The predicted octanol–water partition coefficient (Wildman–Crippen LogP) is 1.45. The monoisotopic (exact) mass is 430 g/mol. The number of nitrogens with zero attached hydrogens (tertiary/aromatic N) is 4. The lowest BCUT2D eigenvalue weighted by Crippen LogP contribution is -2.64. The molecule has 1 aromatic carbocycles. The van der Waals surface area contributed by atoms with Gasteiger partial charge in [-0.3, -0.25) is 14.5 Å². The first-order chi connectivity index (χ1) is 14.7. The van der Waals surface area contributed by atoms with E-state index in [1.807, 2.05) is 27.3 Å². The van der Waals surface area contributed by atoms with E-state index in [0.717, 1.165) is 31.9 Å². The maximum atomic E-state index is 12.7. The van der Waals surface area contributed by atoms with Gasteiger partial charge in [0.15, 0.2) is 5.01 Å². The fraction of sp³-hybridized carbons (Fsp3) is 0.476.